The summed E-state index contributed by atoms with van der Waals surface area (Å²) in [5.41, 5.74) is 1.19. The maximum atomic E-state index is 10.1. The van der Waals surface area contributed by atoms with E-state index in [0.29, 0.717) is 6.61 Å². The van der Waals surface area contributed by atoms with Crippen molar-refractivity contribution in [3.8, 4) is 5.75 Å². The summed E-state index contributed by atoms with van der Waals surface area (Å²) in [7, 11) is 0. The number of para-hydroxylation sites is 1. The molecule has 4 heteroatoms. The molecule has 0 spiro atoms. The summed E-state index contributed by atoms with van der Waals surface area (Å²) in [6.45, 7) is 3.73. The number of rotatable bonds is 7. The van der Waals surface area contributed by atoms with Crippen LogP contribution in [0.1, 0.15) is 24.8 Å². The third-order valence-corrected chi connectivity index (χ3v) is 5.29. The summed E-state index contributed by atoms with van der Waals surface area (Å²) in [5.74, 6) is 0.893. The van der Waals surface area contributed by atoms with E-state index in [-0.39, 0.29) is 12.0 Å². The van der Waals surface area contributed by atoms with Crippen LogP contribution in [0.3, 0.4) is 0 Å². The van der Waals surface area contributed by atoms with Crippen LogP contribution in [0.15, 0.2) is 54.6 Å². The van der Waals surface area contributed by atoms with E-state index in [4.69, 9.17) is 16.3 Å². The van der Waals surface area contributed by atoms with E-state index < -0.39 is 0 Å². The molecule has 1 saturated heterocycles. The molecule has 134 valence electrons. The molecule has 0 aliphatic carbocycles. The first-order valence-corrected chi connectivity index (χ1v) is 9.32. The molecule has 1 atom stereocenters. The predicted molar refractivity (Wildman–Crippen MR) is 102 cm³/mol. The quantitative estimate of drug-likeness (QED) is 0.796. The number of piperidine rings is 1. The topological polar surface area (TPSA) is 32.7 Å². The third kappa shape index (κ3) is 5.21. The molecule has 1 aliphatic rings. The van der Waals surface area contributed by atoms with Crippen molar-refractivity contribution in [1.29, 1.82) is 0 Å². The molecule has 1 fully saturated rings. The van der Waals surface area contributed by atoms with Gasteiger partial charge in [-0.3, -0.25) is 4.90 Å². The van der Waals surface area contributed by atoms with Crippen LogP contribution in [0.5, 0.6) is 5.75 Å². The number of aliphatic hydroxyl groups excluding tert-OH is 1. The Balaban J connectivity index is 1.55. The highest BCUT2D eigenvalue weighted by Gasteiger charge is 2.34. The van der Waals surface area contributed by atoms with Gasteiger partial charge in [-0.2, -0.15) is 0 Å². The van der Waals surface area contributed by atoms with Crippen LogP contribution in [0.4, 0.5) is 0 Å². The normalized spacial score (nSPS) is 21.2. The lowest BCUT2D eigenvalue weighted by atomic mass is 9.78. The van der Waals surface area contributed by atoms with Crippen molar-refractivity contribution >= 4 is 11.6 Å². The van der Waals surface area contributed by atoms with Crippen molar-refractivity contribution in [2.45, 2.75) is 25.8 Å². The molecule has 0 amide bonds. The highest BCUT2D eigenvalue weighted by Crippen LogP contribution is 2.34. The lowest BCUT2D eigenvalue weighted by Gasteiger charge is -2.42. The average Bonchev–Trinajstić information content (AvgIpc) is 2.65. The third-order valence-electron chi connectivity index (χ3n) is 5.04. The van der Waals surface area contributed by atoms with Gasteiger partial charge in [-0.15, -0.1) is 0 Å². The van der Waals surface area contributed by atoms with Gasteiger partial charge in [-0.05, 0) is 55.6 Å². The van der Waals surface area contributed by atoms with E-state index in [2.05, 4.69) is 17.0 Å². The first-order chi connectivity index (χ1) is 12.2. The second-order valence-electron chi connectivity index (χ2n) is 7.01. The summed E-state index contributed by atoms with van der Waals surface area (Å²) in [6.07, 6.45) is 3.04. The van der Waals surface area contributed by atoms with E-state index >= 15 is 0 Å². The maximum absolute atomic E-state index is 10.1. The SMILES string of the molecule is OC[C@@]1(CCOc2ccccc2)CCCN(Cc2ccc(Cl)cc2)C1. The van der Waals surface area contributed by atoms with Gasteiger partial charge in [0.2, 0.25) is 0 Å². The van der Waals surface area contributed by atoms with E-state index in [1.807, 2.05) is 42.5 Å². The summed E-state index contributed by atoms with van der Waals surface area (Å²) in [4.78, 5) is 2.44. The Bertz CT molecular complexity index is 647. The van der Waals surface area contributed by atoms with Gasteiger partial charge in [0.05, 0.1) is 13.2 Å². The molecule has 0 unspecified atom stereocenters. The molecule has 25 heavy (non-hydrogen) atoms. The zero-order valence-corrected chi connectivity index (χ0v) is 15.3. The van der Waals surface area contributed by atoms with E-state index in [0.717, 1.165) is 49.7 Å². The minimum atomic E-state index is -0.0700. The van der Waals surface area contributed by atoms with Crippen LogP contribution in [0, 0.1) is 5.41 Å². The van der Waals surface area contributed by atoms with Crippen molar-refractivity contribution in [1.82, 2.24) is 4.90 Å². The number of aliphatic hydroxyl groups is 1. The van der Waals surface area contributed by atoms with Crippen LogP contribution in [0.25, 0.3) is 0 Å². The Morgan fingerprint density at radius 3 is 2.56 bits per heavy atom. The molecule has 3 nitrogen and oxygen atoms in total. The Labute approximate surface area is 155 Å². The molecule has 0 aromatic heterocycles. The molecule has 2 aromatic carbocycles. The first-order valence-electron chi connectivity index (χ1n) is 8.95. The summed E-state index contributed by atoms with van der Waals surface area (Å²) < 4.78 is 5.86. The highest BCUT2D eigenvalue weighted by molar-refractivity contribution is 6.30. The van der Waals surface area contributed by atoms with Crippen molar-refractivity contribution < 1.29 is 9.84 Å². The molecule has 0 radical (unpaired) electrons. The van der Waals surface area contributed by atoms with Gasteiger partial charge in [-0.25, -0.2) is 0 Å². The number of ether oxygens (including phenoxy) is 1. The van der Waals surface area contributed by atoms with Crippen LogP contribution in [0.2, 0.25) is 5.02 Å². The number of halogens is 1. The van der Waals surface area contributed by atoms with E-state index in [1.165, 1.54) is 5.56 Å². The van der Waals surface area contributed by atoms with Crippen molar-refractivity contribution in [3.05, 3.63) is 65.2 Å². The number of benzene rings is 2. The first kappa shape index (κ1) is 18.2. The number of hydrogen-bond acceptors (Lipinski definition) is 3. The van der Waals surface area contributed by atoms with Gasteiger partial charge in [0.25, 0.3) is 0 Å². The highest BCUT2D eigenvalue weighted by atomic mass is 35.5. The van der Waals surface area contributed by atoms with E-state index in [9.17, 15) is 5.11 Å². The fraction of sp³-hybridized carbons (Fsp3) is 0.429. The number of likely N-dealkylation sites (tertiary alicyclic amines) is 1. The molecule has 0 saturated carbocycles. The Morgan fingerprint density at radius 1 is 1.08 bits per heavy atom. The average molecular weight is 360 g/mol. The zero-order chi connectivity index (χ0) is 17.5. The molecule has 1 heterocycles. The second kappa shape index (κ2) is 8.70. The standard InChI is InChI=1S/C21H26ClNO2/c22-19-9-7-18(8-10-19)15-23-13-4-11-21(16-23,17-24)12-14-25-20-5-2-1-3-6-20/h1-3,5-10,24H,4,11-17H2/t21-/m1/s1. The fourth-order valence-electron chi connectivity index (χ4n) is 3.61. The Hall–Kier alpha value is -1.55. The van der Waals surface area contributed by atoms with Gasteiger partial charge < -0.3 is 9.84 Å². The summed E-state index contributed by atoms with van der Waals surface area (Å²) >= 11 is 5.97. The lowest BCUT2D eigenvalue weighted by molar-refractivity contribution is 0.0128. The summed E-state index contributed by atoms with van der Waals surface area (Å²) in [6, 6.07) is 17.9. The minimum absolute atomic E-state index is 0.0700. The number of nitrogens with zero attached hydrogens (tertiary/aromatic N) is 1. The van der Waals surface area contributed by atoms with Gasteiger partial charge in [-0.1, -0.05) is 41.9 Å². The Morgan fingerprint density at radius 2 is 1.84 bits per heavy atom. The van der Waals surface area contributed by atoms with E-state index in [1.54, 1.807) is 0 Å². The summed E-state index contributed by atoms with van der Waals surface area (Å²) in [5, 5.41) is 10.8. The maximum Gasteiger partial charge on any atom is 0.119 e. The molecule has 3 rings (SSSR count). The van der Waals surface area contributed by atoms with Gasteiger partial charge in [0.15, 0.2) is 0 Å². The van der Waals surface area contributed by atoms with Crippen LogP contribution in [-0.4, -0.2) is 36.3 Å². The smallest absolute Gasteiger partial charge is 0.119 e. The minimum Gasteiger partial charge on any atom is -0.494 e. The van der Waals surface area contributed by atoms with Crippen LogP contribution in [-0.2, 0) is 6.54 Å². The zero-order valence-electron chi connectivity index (χ0n) is 14.5. The van der Waals surface area contributed by atoms with Gasteiger partial charge in [0.1, 0.15) is 5.75 Å². The monoisotopic (exact) mass is 359 g/mol. The van der Waals surface area contributed by atoms with Crippen LogP contribution >= 0.6 is 11.6 Å². The van der Waals surface area contributed by atoms with Crippen molar-refractivity contribution in [2.24, 2.45) is 5.41 Å². The Kier molecular flexibility index (Phi) is 6.35. The molecule has 0 bridgehead atoms. The largest absolute Gasteiger partial charge is 0.494 e. The fourth-order valence-corrected chi connectivity index (χ4v) is 3.73. The van der Waals surface area contributed by atoms with Crippen molar-refractivity contribution in [3.63, 3.8) is 0 Å². The molecule has 1 N–H and O–H groups in total. The molecular weight excluding hydrogens is 334 g/mol. The lowest BCUT2D eigenvalue weighted by Crippen LogP contribution is -2.45. The molecule has 2 aromatic rings. The van der Waals surface area contributed by atoms with Crippen LogP contribution < -0.4 is 4.74 Å². The van der Waals surface area contributed by atoms with Crippen molar-refractivity contribution in [2.75, 3.05) is 26.3 Å². The number of hydrogen-bond donors (Lipinski definition) is 1. The predicted octanol–water partition coefficient (Wildman–Crippen LogP) is 4.38. The molecule has 1 aliphatic heterocycles. The second-order valence-corrected chi connectivity index (χ2v) is 7.45. The van der Waals surface area contributed by atoms with Gasteiger partial charge in [0, 0.05) is 23.5 Å². The van der Waals surface area contributed by atoms with Gasteiger partial charge >= 0.3 is 0 Å². The molecular formula is C21H26ClNO2.